The van der Waals surface area contributed by atoms with Gasteiger partial charge in [-0.3, -0.25) is 14.9 Å². The Bertz CT molecular complexity index is 1330. The molecule has 6 nitrogen and oxygen atoms in total. The zero-order chi connectivity index (χ0) is 24.4. The van der Waals surface area contributed by atoms with Crippen molar-refractivity contribution in [2.75, 3.05) is 4.90 Å². The minimum absolute atomic E-state index is 0.126. The number of anilines is 1. The fraction of sp³-hybridized carbons (Fsp3) is 0.115. The SMILES string of the molecule is Cc1cc(C)cc(N2C(=O)NC(=O)/C(=C\c3ccc(OCc4ccccc4Cl)c(I)c3)C2=O)c1. The van der Waals surface area contributed by atoms with Gasteiger partial charge < -0.3 is 4.74 Å². The van der Waals surface area contributed by atoms with Gasteiger partial charge in [-0.05, 0) is 89.5 Å². The Balaban J connectivity index is 1.59. The summed E-state index contributed by atoms with van der Waals surface area (Å²) in [6.45, 7) is 4.06. The first-order valence-electron chi connectivity index (χ1n) is 10.4. The van der Waals surface area contributed by atoms with Crippen LogP contribution in [0.5, 0.6) is 5.75 Å². The molecule has 0 atom stereocenters. The minimum Gasteiger partial charge on any atom is -0.488 e. The Kier molecular flexibility index (Phi) is 7.04. The largest absolute Gasteiger partial charge is 0.488 e. The fourth-order valence-corrected chi connectivity index (χ4v) is 4.52. The third-order valence-corrected chi connectivity index (χ3v) is 6.39. The molecule has 0 spiro atoms. The van der Waals surface area contributed by atoms with Gasteiger partial charge in [0.05, 0.1) is 9.26 Å². The minimum atomic E-state index is -0.768. The number of amides is 4. The van der Waals surface area contributed by atoms with Crippen LogP contribution in [0.3, 0.4) is 0 Å². The second-order valence-electron chi connectivity index (χ2n) is 7.87. The first-order chi connectivity index (χ1) is 16.2. The molecule has 0 saturated carbocycles. The number of urea groups is 1. The molecule has 3 aromatic rings. The fourth-order valence-electron chi connectivity index (χ4n) is 3.63. The zero-order valence-corrected chi connectivity index (χ0v) is 21.3. The summed E-state index contributed by atoms with van der Waals surface area (Å²) >= 11 is 8.32. The summed E-state index contributed by atoms with van der Waals surface area (Å²) in [5.41, 5.74) is 3.59. The molecule has 4 amide bonds. The summed E-state index contributed by atoms with van der Waals surface area (Å²) in [6.07, 6.45) is 1.47. The number of carbonyl (C=O) groups excluding carboxylic acids is 3. The molecule has 0 aromatic heterocycles. The lowest BCUT2D eigenvalue weighted by Gasteiger charge is -2.27. The van der Waals surface area contributed by atoms with E-state index in [0.29, 0.717) is 28.6 Å². The molecular formula is C26H20ClIN2O4. The van der Waals surface area contributed by atoms with Gasteiger partial charge in [0.2, 0.25) is 0 Å². The maximum atomic E-state index is 13.2. The van der Waals surface area contributed by atoms with E-state index in [0.717, 1.165) is 25.2 Å². The predicted molar refractivity (Wildman–Crippen MR) is 140 cm³/mol. The van der Waals surface area contributed by atoms with Crippen LogP contribution in [0.15, 0.2) is 66.2 Å². The van der Waals surface area contributed by atoms with Gasteiger partial charge in [0.1, 0.15) is 17.9 Å². The van der Waals surface area contributed by atoms with E-state index in [-0.39, 0.29) is 5.57 Å². The molecule has 1 heterocycles. The van der Waals surface area contributed by atoms with Gasteiger partial charge in [0.15, 0.2) is 0 Å². The number of hydrogen-bond acceptors (Lipinski definition) is 4. The van der Waals surface area contributed by atoms with Crippen molar-refractivity contribution in [2.45, 2.75) is 20.5 Å². The third kappa shape index (κ3) is 5.15. The van der Waals surface area contributed by atoms with Crippen molar-refractivity contribution in [3.63, 3.8) is 0 Å². The van der Waals surface area contributed by atoms with Gasteiger partial charge in [-0.2, -0.15) is 0 Å². The summed E-state index contributed by atoms with van der Waals surface area (Å²) in [5.74, 6) is -0.758. The number of rotatable bonds is 5. The van der Waals surface area contributed by atoms with Gasteiger partial charge in [0, 0.05) is 10.6 Å². The van der Waals surface area contributed by atoms with Gasteiger partial charge in [0.25, 0.3) is 11.8 Å². The van der Waals surface area contributed by atoms with Crippen LogP contribution < -0.4 is 15.0 Å². The van der Waals surface area contributed by atoms with E-state index in [2.05, 4.69) is 27.9 Å². The number of nitrogens with zero attached hydrogens (tertiary/aromatic N) is 1. The monoisotopic (exact) mass is 586 g/mol. The third-order valence-electron chi connectivity index (χ3n) is 5.17. The highest BCUT2D eigenvalue weighted by Gasteiger charge is 2.37. The predicted octanol–water partition coefficient (Wildman–Crippen LogP) is 5.81. The number of carbonyl (C=O) groups is 3. The number of ether oxygens (including phenoxy) is 1. The van der Waals surface area contributed by atoms with Crippen molar-refractivity contribution in [3.05, 3.63) is 97.1 Å². The molecular weight excluding hydrogens is 567 g/mol. The Morgan fingerprint density at radius 1 is 1.00 bits per heavy atom. The van der Waals surface area contributed by atoms with Crippen LogP contribution in [0.1, 0.15) is 22.3 Å². The quantitative estimate of drug-likeness (QED) is 0.233. The van der Waals surface area contributed by atoms with Crippen LogP contribution in [0.25, 0.3) is 6.08 Å². The number of benzene rings is 3. The molecule has 1 fully saturated rings. The molecule has 0 aliphatic carbocycles. The normalized spacial score (nSPS) is 15.0. The van der Waals surface area contributed by atoms with Gasteiger partial charge >= 0.3 is 6.03 Å². The Morgan fingerprint density at radius 2 is 1.71 bits per heavy atom. The maximum Gasteiger partial charge on any atom is 0.335 e. The standard InChI is InChI=1S/C26H20ClIN2O4/c1-15-9-16(2)11-19(10-15)30-25(32)20(24(31)29-26(30)33)12-17-7-8-23(22(28)13-17)34-14-18-5-3-4-6-21(18)27/h3-13H,14H2,1-2H3,(H,29,31,33)/b20-12+. The lowest BCUT2D eigenvalue weighted by molar-refractivity contribution is -0.122. The molecule has 0 bridgehead atoms. The van der Waals surface area contributed by atoms with Crippen molar-refractivity contribution in [3.8, 4) is 5.75 Å². The lowest BCUT2D eigenvalue weighted by Crippen LogP contribution is -2.54. The topological polar surface area (TPSA) is 75.7 Å². The van der Waals surface area contributed by atoms with E-state index in [4.69, 9.17) is 16.3 Å². The van der Waals surface area contributed by atoms with Crippen LogP contribution >= 0.6 is 34.2 Å². The van der Waals surface area contributed by atoms with Crippen molar-refractivity contribution < 1.29 is 19.1 Å². The molecule has 34 heavy (non-hydrogen) atoms. The first kappa shape index (κ1) is 24.0. The molecule has 8 heteroatoms. The van der Waals surface area contributed by atoms with Crippen molar-refractivity contribution in [1.82, 2.24) is 5.32 Å². The van der Waals surface area contributed by atoms with E-state index in [1.807, 2.05) is 38.1 Å². The molecule has 3 aromatic carbocycles. The second kappa shape index (κ2) is 9.99. The van der Waals surface area contributed by atoms with Gasteiger partial charge in [-0.15, -0.1) is 0 Å². The molecule has 1 N–H and O–H groups in total. The molecule has 1 saturated heterocycles. The van der Waals surface area contributed by atoms with Gasteiger partial charge in [-0.25, -0.2) is 9.69 Å². The Labute approximate surface area is 215 Å². The molecule has 0 unspecified atom stereocenters. The molecule has 4 rings (SSSR count). The first-order valence-corrected chi connectivity index (χ1v) is 11.8. The van der Waals surface area contributed by atoms with Crippen LogP contribution in [0, 0.1) is 17.4 Å². The smallest absolute Gasteiger partial charge is 0.335 e. The van der Waals surface area contributed by atoms with Crippen molar-refractivity contribution in [1.29, 1.82) is 0 Å². The van der Waals surface area contributed by atoms with Crippen LogP contribution in [-0.2, 0) is 16.2 Å². The van der Waals surface area contributed by atoms with Gasteiger partial charge in [-0.1, -0.05) is 41.9 Å². The summed E-state index contributed by atoms with van der Waals surface area (Å²) in [5, 5.41) is 2.89. The highest BCUT2D eigenvalue weighted by atomic mass is 127. The average molecular weight is 587 g/mol. The number of barbiturate groups is 1. The Hall–Kier alpha value is -3.17. The number of imide groups is 2. The highest BCUT2D eigenvalue weighted by molar-refractivity contribution is 14.1. The highest BCUT2D eigenvalue weighted by Crippen LogP contribution is 2.27. The second-order valence-corrected chi connectivity index (χ2v) is 9.44. The van der Waals surface area contributed by atoms with Crippen LogP contribution in [0.4, 0.5) is 10.5 Å². The van der Waals surface area contributed by atoms with E-state index in [1.165, 1.54) is 6.08 Å². The van der Waals surface area contributed by atoms with Crippen LogP contribution in [-0.4, -0.2) is 17.8 Å². The van der Waals surface area contributed by atoms with E-state index < -0.39 is 17.8 Å². The number of hydrogen-bond donors (Lipinski definition) is 1. The number of nitrogens with one attached hydrogen (secondary N) is 1. The Morgan fingerprint density at radius 3 is 2.38 bits per heavy atom. The number of halogens is 2. The summed E-state index contributed by atoms with van der Waals surface area (Å²) < 4.78 is 6.69. The summed E-state index contributed by atoms with van der Waals surface area (Å²) in [7, 11) is 0. The summed E-state index contributed by atoms with van der Waals surface area (Å²) in [4.78, 5) is 39.1. The number of aryl methyl sites for hydroxylation is 2. The van der Waals surface area contributed by atoms with Crippen molar-refractivity contribution >= 4 is 63.8 Å². The summed E-state index contributed by atoms with van der Waals surface area (Å²) in [6, 6.07) is 17.4. The molecule has 172 valence electrons. The zero-order valence-electron chi connectivity index (χ0n) is 18.4. The maximum absolute atomic E-state index is 13.2. The average Bonchev–Trinajstić information content (AvgIpc) is 2.76. The molecule has 1 aliphatic heterocycles. The van der Waals surface area contributed by atoms with E-state index in [1.54, 1.807) is 36.4 Å². The van der Waals surface area contributed by atoms with E-state index in [9.17, 15) is 14.4 Å². The van der Waals surface area contributed by atoms with Crippen LogP contribution in [0.2, 0.25) is 5.02 Å². The lowest BCUT2D eigenvalue weighted by atomic mass is 10.1. The van der Waals surface area contributed by atoms with E-state index >= 15 is 0 Å². The molecule has 1 aliphatic rings. The van der Waals surface area contributed by atoms with Crippen molar-refractivity contribution in [2.24, 2.45) is 0 Å². The molecule has 0 radical (unpaired) electrons.